The Bertz CT molecular complexity index is 810. The lowest BCUT2D eigenvalue weighted by molar-refractivity contribution is 0.0947. The van der Waals surface area contributed by atoms with Gasteiger partial charge in [0.1, 0.15) is 5.82 Å². The lowest BCUT2D eigenvalue weighted by Gasteiger charge is -2.05. The molecular weight excluding hydrogens is 269 g/mol. The molecule has 0 fully saturated rings. The summed E-state index contributed by atoms with van der Waals surface area (Å²) in [5.41, 5.74) is 2.46. The SMILES string of the molecule is Cc1ccc(CNC(=O)c2n[nH]c3ccccc23)cc1F. The number of benzene rings is 2. The summed E-state index contributed by atoms with van der Waals surface area (Å²) in [7, 11) is 0. The molecule has 4 nitrogen and oxygen atoms in total. The molecule has 0 aliphatic heterocycles. The second kappa shape index (κ2) is 5.36. The third-order valence-electron chi connectivity index (χ3n) is 3.37. The number of nitrogens with one attached hydrogen (secondary N) is 2. The van der Waals surface area contributed by atoms with Gasteiger partial charge in [0.05, 0.1) is 5.52 Å². The monoisotopic (exact) mass is 283 g/mol. The highest BCUT2D eigenvalue weighted by molar-refractivity contribution is 6.04. The van der Waals surface area contributed by atoms with Crippen LogP contribution in [0, 0.1) is 12.7 Å². The van der Waals surface area contributed by atoms with Gasteiger partial charge in [-0.25, -0.2) is 4.39 Å². The van der Waals surface area contributed by atoms with Crippen LogP contribution in [0.3, 0.4) is 0 Å². The summed E-state index contributed by atoms with van der Waals surface area (Å²) in [5, 5.41) is 10.4. The molecule has 5 heteroatoms. The Morgan fingerprint density at radius 3 is 2.90 bits per heavy atom. The second-order valence-corrected chi connectivity index (χ2v) is 4.88. The topological polar surface area (TPSA) is 57.8 Å². The van der Waals surface area contributed by atoms with E-state index in [0.717, 1.165) is 10.9 Å². The van der Waals surface area contributed by atoms with Gasteiger partial charge in [0, 0.05) is 11.9 Å². The highest BCUT2D eigenvalue weighted by Crippen LogP contribution is 2.15. The van der Waals surface area contributed by atoms with Crippen molar-refractivity contribution < 1.29 is 9.18 Å². The first-order valence-corrected chi connectivity index (χ1v) is 6.61. The highest BCUT2D eigenvalue weighted by atomic mass is 19.1. The van der Waals surface area contributed by atoms with E-state index in [2.05, 4.69) is 15.5 Å². The molecule has 0 saturated carbocycles. The second-order valence-electron chi connectivity index (χ2n) is 4.88. The smallest absolute Gasteiger partial charge is 0.272 e. The maximum absolute atomic E-state index is 13.5. The number of H-pyrrole nitrogens is 1. The Morgan fingerprint density at radius 1 is 1.29 bits per heavy atom. The van der Waals surface area contributed by atoms with Gasteiger partial charge >= 0.3 is 0 Å². The number of hydrogen-bond donors (Lipinski definition) is 2. The van der Waals surface area contributed by atoms with Gasteiger partial charge in [-0.2, -0.15) is 5.10 Å². The molecule has 0 radical (unpaired) electrons. The molecule has 106 valence electrons. The molecule has 0 bridgehead atoms. The number of fused-ring (bicyclic) bond motifs is 1. The lowest BCUT2D eigenvalue weighted by Crippen LogP contribution is -2.23. The third-order valence-corrected chi connectivity index (χ3v) is 3.37. The molecule has 0 spiro atoms. The molecule has 0 unspecified atom stereocenters. The molecule has 3 rings (SSSR count). The minimum Gasteiger partial charge on any atom is -0.347 e. The van der Waals surface area contributed by atoms with Crippen LogP contribution in [0.5, 0.6) is 0 Å². The fraction of sp³-hybridized carbons (Fsp3) is 0.125. The van der Waals surface area contributed by atoms with Crippen molar-refractivity contribution in [3.63, 3.8) is 0 Å². The Labute approximate surface area is 121 Å². The summed E-state index contributed by atoms with van der Waals surface area (Å²) in [6.45, 7) is 1.96. The number of halogens is 1. The summed E-state index contributed by atoms with van der Waals surface area (Å²) in [6.07, 6.45) is 0. The van der Waals surface area contributed by atoms with Crippen molar-refractivity contribution in [1.82, 2.24) is 15.5 Å². The fourth-order valence-electron chi connectivity index (χ4n) is 2.15. The standard InChI is InChI=1S/C16H14FN3O/c1-10-6-7-11(8-13(10)17)9-18-16(21)15-12-4-2-3-5-14(12)19-20-15/h2-8H,9H2,1H3,(H,18,21)(H,19,20). The van der Waals surface area contributed by atoms with Crippen LogP contribution in [0.25, 0.3) is 10.9 Å². The molecule has 1 aromatic heterocycles. The van der Waals surface area contributed by atoms with E-state index >= 15 is 0 Å². The number of aryl methyl sites for hydroxylation is 1. The van der Waals surface area contributed by atoms with Crippen LogP contribution in [0.2, 0.25) is 0 Å². The highest BCUT2D eigenvalue weighted by Gasteiger charge is 2.13. The molecule has 0 aliphatic rings. The van der Waals surface area contributed by atoms with Gasteiger partial charge in [0.15, 0.2) is 5.69 Å². The van der Waals surface area contributed by atoms with E-state index in [1.807, 2.05) is 24.3 Å². The van der Waals surface area contributed by atoms with Crippen molar-refractivity contribution in [2.24, 2.45) is 0 Å². The predicted molar refractivity (Wildman–Crippen MR) is 78.4 cm³/mol. The molecular formula is C16H14FN3O. The molecule has 1 heterocycles. The molecule has 2 N–H and O–H groups in total. The number of carbonyl (C=O) groups excluding carboxylic acids is 1. The first-order chi connectivity index (χ1) is 10.1. The summed E-state index contributed by atoms with van der Waals surface area (Å²) in [5.74, 6) is -0.555. The zero-order valence-electron chi connectivity index (χ0n) is 11.5. The van der Waals surface area contributed by atoms with Gasteiger partial charge in [-0.1, -0.05) is 30.3 Å². The summed E-state index contributed by atoms with van der Waals surface area (Å²) < 4.78 is 13.5. The molecule has 0 atom stereocenters. The van der Waals surface area contributed by atoms with Crippen molar-refractivity contribution in [2.75, 3.05) is 0 Å². The number of carbonyl (C=O) groups is 1. The van der Waals surface area contributed by atoms with Crippen LogP contribution in [0.4, 0.5) is 4.39 Å². The van der Waals surface area contributed by atoms with E-state index in [-0.39, 0.29) is 18.3 Å². The molecule has 21 heavy (non-hydrogen) atoms. The lowest BCUT2D eigenvalue weighted by atomic mass is 10.1. The van der Waals surface area contributed by atoms with Crippen LogP contribution < -0.4 is 5.32 Å². The molecule has 0 aliphatic carbocycles. The van der Waals surface area contributed by atoms with E-state index in [0.29, 0.717) is 16.8 Å². The maximum atomic E-state index is 13.5. The maximum Gasteiger partial charge on any atom is 0.272 e. The largest absolute Gasteiger partial charge is 0.347 e. The van der Waals surface area contributed by atoms with Gasteiger partial charge in [-0.3, -0.25) is 9.89 Å². The zero-order chi connectivity index (χ0) is 14.8. The Kier molecular flexibility index (Phi) is 3.39. The van der Waals surface area contributed by atoms with Crippen molar-refractivity contribution in [3.8, 4) is 0 Å². The Morgan fingerprint density at radius 2 is 2.10 bits per heavy atom. The number of para-hydroxylation sites is 1. The molecule has 3 aromatic rings. The van der Waals surface area contributed by atoms with E-state index < -0.39 is 0 Å². The number of aromatic nitrogens is 2. The van der Waals surface area contributed by atoms with Crippen LogP contribution in [0.1, 0.15) is 21.6 Å². The van der Waals surface area contributed by atoms with Gasteiger partial charge in [-0.05, 0) is 30.2 Å². The molecule has 1 amide bonds. The van der Waals surface area contributed by atoms with Crippen LogP contribution >= 0.6 is 0 Å². The van der Waals surface area contributed by atoms with Crippen LogP contribution in [-0.2, 0) is 6.54 Å². The number of aromatic amines is 1. The van der Waals surface area contributed by atoms with E-state index in [1.165, 1.54) is 6.07 Å². The van der Waals surface area contributed by atoms with E-state index in [9.17, 15) is 9.18 Å². The third kappa shape index (κ3) is 2.63. The number of hydrogen-bond acceptors (Lipinski definition) is 2. The van der Waals surface area contributed by atoms with Crippen molar-refractivity contribution in [1.29, 1.82) is 0 Å². The Balaban J connectivity index is 1.76. The van der Waals surface area contributed by atoms with Crippen LogP contribution in [-0.4, -0.2) is 16.1 Å². The molecule has 2 aromatic carbocycles. The average molecular weight is 283 g/mol. The van der Waals surface area contributed by atoms with E-state index in [4.69, 9.17) is 0 Å². The van der Waals surface area contributed by atoms with Crippen LogP contribution in [0.15, 0.2) is 42.5 Å². The van der Waals surface area contributed by atoms with Crippen molar-refractivity contribution in [3.05, 3.63) is 65.1 Å². The minimum absolute atomic E-state index is 0.261. The van der Waals surface area contributed by atoms with E-state index in [1.54, 1.807) is 19.1 Å². The first kappa shape index (κ1) is 13.3. The summed E-state index contributed by atoms with van der Waals surface area (Å²) in [6, 6.07) is 12.3. The average Bonchev–Trinajstić information content (AvgIpc) is 2.92. The number of amides is 1. The normalized spacial score (nSPS) is 10.8. The predicted octanol–water partition coefficient (Wildman–Crippen LogP) is 2.94. The zero-order valence-corrected chi connectivity index (χ0v) is 11.5. The minimum atomic E-state index is -0.284. The van der Waals surface area contributed by atoms with Crippen molar-refractivity contribution in [2.45, 2.75) is 13.5 Å². The summed E-state index contributed by atoms with van der Waals surface area (Å²) >= 11 is 0. The van der Waals surface area contributed by atoms with Gasteiger partial charge < -0.3 is 5.32 Å². The first-order valence-electron chi connectivity index (χ1n) is 6.61. The molecule has 0 saturated heterocycles. The number of rotatable bonds is 3. The fourth-order valence-corrected chi connectivity index (χ4v) is 2.15. The van der Waals surface area contributed by atoms with Gasteiger partial charge in [0.25, 0.3) is 5.91 Å². The number of nitrogens with zero attached hydrogens (tertiary/aromatic N) is 1. The Hall–Kier alpha value is -2.69. The summed E-state index contributed by atoms with van der Waals surface area (Å²) in [4.78, 5) is 12.2. The van der Waals surface area contributed by atoms with Gasteiger partial charge in [-0.15, -0.1) is 0 Å². The van der Waals surface area contributed by atoms with Crippen molar-refractivity contribution >= 4 is 16.8 Å². The quantitative estimate of drug-likeness (QED) is 0.776. The van der Waals surface area contributed by atoms with Gasteiger partial charge in [0.2, 0.25) is 0 Å².